The predicted molar refractivity (Wildman–Crippen MR) is 49.4 cm³/mol. The van der Waals surface area contributed by atoms with Crippen molar-refractivity contribution in [3.05, 3.63) is 0 Å². The zero-order valence-electron chi connectivity index (χ0n) is 8.25. The highest BCUT2D eigenvalue weighted by Crippen LogP contribution is 1.98. The van der Waals surface area contributed by atoms with Gasteiger partial charge in [0.1, 0.15) is 6.42 Å². The Morgan fingerprint density at radius 1 is 1.31 bits per heavy atom. The van der Waals surface area contributed by atoms with Crippen LogP contribution in [0.4, 0.5) is 0 Å². The highest BCUT2D eigenvalue weighted by molar-refractivity contribution is 5.93. The first-order valence-corrected chi connectivity index (χ1v) is 4.61. The Hall–Kier alpha value is -1.06. The molecule has 0 fully saturated rings. The Kier molecular flexibility index (Phi) is 5.93. The minimum absolute atomic E-state index is 0.288. The number of nitrogens with zero attached hydrogens (tertiary/aromatic N) is 1. The second kappa shape index (κ2) is 6.46. The van der Waals surface area contributed by atoms with Crippen LogP contribution in [0.5, 0.6) is 0 Å². The van der Waals surface area contributed by atoms with Crippen LogP contribution in [-0.4, -0.2) is 35.0 Å². The number of aliphatic carboxylic acids is 1. The normalized spacial score (nSPS) is 9.69. The molecule has 4 nitrogen and oxygen atoms in total. The highest BCUT2D eigenvalue weighted by atomic mass is 16.4. The first-order valence-electron chi connectivity index (χ1n) is 4.61. The van der Waals surface area contributed by atoms with Crippen LogP contribution in [0.15, 0.2) is 0 Å². The van der Waals surface area contributed by atoms with E-state index in [4.69, 9.17) is 5.11 Å². The third-order valence-electron chi connectivity index (χ3n) is 1.82. The van der Waals surface area contributed by atoms with E-state index in [0.29, 0.717) is 13.1 Å². The quantitative estimate of drug-likeness (QED) is 0.634. The summed E-state index contributed by atoms with van der Waals surface area (Å²) in [6, 6.07) is 0. The van der Waals surface area contributed by atoms with Crippen LogP contribution in [0.2, 0.25) is 0 Å². The van der Waals surface area contributed by atoms with Crippen molar-refractivity contribution < 1.29 is 14.7 Å². The van der Waals surface area contributed by atoms with Crippen molar-refractivity contribution in [1.82, 2.24) is 4.90 Å². The van der Waals surface area contributed by atoms with Crippen molar-refractivity contribution >= 4 is 11.9 Å². The van der Waals surface area contributed by atoms with Gasteiger partial charge in [0.25, 0.3) is 0 Å². The second-order valence-corrected chi connectivity index (χ2v) is 2.90. The fraction of sp³-hybridized carbons (Fsp3) is 0.778. The average Bonchev–Trinajstić information content (AvgIpc) is 2.04. The van der Waals surface area contributed by atoms with Crippen LogP contribution < -0.4 is 0 Å². The van der Waals surface area contributed by atoms with E-state index in [1.165, 1.54) is 0 Å². The van der Waals surface area contributed by atoms with Gasteiger partial charge >= 0.3 is 5.97 Å². The number of hydrogen-bond acceptors (Lipinski definition) is 2. The standard InChI is InChI=1S/C9H17NO3/c1-3-5-6-10(4-2)8(11)7-9(12)13/h3-7H2,1-2H3,(H,12,13). The first-order chi connectivity index (χ1) is 6.11. The minimum Gasteiger partial charge on any atom is -0.481 e. The van der Waals surface area contributed by atoms with E-state index in [1.54, 1.807) is 4.90 Å². The zero-order chi connectivity index (χ0) is 10.3. The van der Waals surface area contributed by atoms with Gasteiger partial charge in [0.15, 0.2) is 0 Å². The Labute approximate surface area is 78.5 Å². The topological polar surface area (TPSA) is 57.6 Å². The van der Waals surface area contributed by atoms with Crippen molar-refractivity contribution in [2.45, 2.75) is 33.1 Å². The van der Waals surface area contributed by atoms with Crippen molar-refractivity contribution in [2.75, 3.05) is 13.1 Å². The Bertz CT molecular complexity index is 180. The number of rotatable bonds is 6. The molecular formula is C9H17NO3. The molecule has 0 saturated heterocycles. The Balaban J connectivity index is 3.91. The van der Waals surface area contributed by atoms with E-state index >= 15 is 0 Å². The molecule has 0 heterocycles. The van der Waals surface area contributed by atoms with Crippen LogP contribution in [0.3, 0.4) is 0 Å². The maximum atomic E-state index is 11.2. The van der Waals surface area contributed by atoms with Crippen LogP contribution in [-0.2, 0) is 9.59 Å². The van der Waals surface area contributed by atoms with Crippen molar-refractivity contribution in [3.63, 3.8) is 0 Å². The molecule has 0 rings (SSSR count). The summed E-state index contributed by atoms with van der Waals surface area (Å²) in [5.41, 5.74) is 0. The summed E-state index contributed by atoms with van der Waals surface area (Å²) < 4.78 is 0. The van der Waals surface area contributed by atoms with Gasteiger partial charge in [-0.1, -0.05) is 13.3 Å². The molecule has 76 valence electrons. The third-order valence-corrected chi connectivity index (χ3v) is 1.82. The number of unbranched alkanes of at least 4 members (excludes halogenated alkanes) is 1. The molecular weight excluding hydrogens is 170 g/mol. The van der Waals surface area contributed by atoms with Gasteiger partial charge in [0, 0.05) is 13.1 Å². The van der Waals surface area contributed by atoms with Crippen molar-refractivity contribution in [2.24, 2.45) is 0 Å². The van der Waals surface area contributed by atoms with Gasteiger partial charge in [-0.15, -0.1) is 0 Å². The van der Waals surface area contributed by atoms with Gasteiger partial charge in [-0.2, -0.15) is 0 Å². The summed E-state index contributed by atoms with van der Waals surface area (Å²) in [4.78, 5) is 23.1. The number of carbonyl (C=O) groups excluding carboxylic acids is 1. The lowest BCUT2D eigenvalue weighted by Crippen LogP contribution is -2.33. The fourth-order valence-corrected chi connectivity index (χ4v) is 1.05. The highest BCUT2D eigenvalue weighted by Gasteiger charge is 2.13. The first kappa shape index (κ1) is 11.9. The molecule has 0 aromatic heterocycles. The van der Waals surface area contributed by atoms with E-state index in [9.17, 15) is 9.59 Å². The lowest BCUT2D eigenvalue weighted by atomic mass is 10.3. The fourth-order valence-electron chi connectivity index (χ4n) is 1.05. The third kappa shape index (κ3) is 5.22. The van der Waals surface area contributed by atoms with Gasteiger partial charge in [-0.3, -0.25) is 9.59 Å². The number of carboxylic acid groups (broad SMARTS) is 1. The summed E-state index contributed by atoms with van der Waals surface area (Å²) in [5, 5.41) is 8.41. The van der Waals surface area contributed by atoms with Gasteiger partial charge in [-0.05, 0) is 13.3 Å². The smallest absolute Gasteiger partial charge is 0.312 e. The summed E-state index contributed by atoms with van der Waals surface area (Å²) in [7, 11) is 0. The Morgan fingerprint density at radius 2 is 1.92 bits per heavy atom. The molecule has 0 aliphatic rings. The van der Waals surface area contributed by atoms with Crippen LogP contribution in [0, 0.1) is 0 Å². The molecule has 0 bridgehead atoms. The van der Waals surface area contributed by atoms with Gasteiger partial charge in [0.05, 0.1) is 0 Å². The molecule has 0 saturated carbocycles. The monoisotopic (exact) mass is 187 g/mol. The van der Waals surface area contributed by atoms with E-state index < -0.39 is 12.4 Å². The number of carboxylic acids is 1. The molecule has 13 heavy (non-hydrogen) atoms. The van der Waals surface area contributed by atoms with Gasteiger partial charge in [-0.25, -0.2) is 0 Å². The van der Waals surface area contributed by atoms with E-state index in [-0.39, 0.29) is 5.91 Å². The summed E-state index contributed by atoms with van der Waals surface area (Å²) in [5.74, 6) is -1.34. The van der Waals surface area contributed by atoms with Gasteiger partial charge < -0.3 is 10.0 Å². The maximum absolute atomic E-state index is 11.2. The molecule has 0 aromatic rings. The number of hydrogen-bond donors (Lipinski definition) is 1. The Morgan fingerprint density at radius 3 is 2.31 bits per heavy atom. The number of amides is 1. The second-order valence-electron chi connectivity index (χ2n) is 2.90. The van der Waals surface area contributed by atoms with Crippen LogP contribution in [0.25, 0.3) is 0 Å². The molecule has 0 aliphatic carbocycles. The summed E-state index contributed by atoms with van der Waals surface area (Å²) in [6.45, 7) is 5.15. The van der Waals surface area contributed by atoms with Crippen molar-refractivity contribution in [1.29, 1.82) is 0 Å². The molecule has 4 heteroatoms. The molecule has 0 aromatic carbocycles. The van der Waals surface area contributed by atoms with Gasteiger partial charge in [0.2, 0.25) is 5.91 Å². The molecule has 0 unspecified atom stereocenters. The van der Waals surface area contributed by atoms with Crippen LogP contribution in [0.1, 0.15) is 33.1 Å². The largest absolute Gasteiger partial charge is 0.481 e. The van der Waals surface area contributed by atoms with E-state index in [0.717, 1.165) is 12.8 Å². The molecule has 0 spiro atoms. The minimum atomic E-state index is -1.06. The maximum Gasteiger partial charge on any atom is 0.312 e. The van der Waals surface area contributed by atoms with Crippen molar-refractivity contribution in [3.8, 4) is 0 Å². The molecule has 1 N–H and O–H groups in total. The van der Waals surface area contributed by atoms with Crippen LogP contribution >= 0.6 is 0 Å². The molecule has 1 amide bonds. The lowest BCUT2D eigenvalue weighted by molar-refractivity contribution is -0.144. The zero-order valence-corrected chi connectivity index (χ0v) is 8.25. The van der Waals surface area contributed by atoms with E-state index in [2.05, 4.69) is 0 Å². The average molecular weight is 187 g/mol. The number of carbonyl (C=O) groups is 2. The predicted octanol–water partition coefficient (Wildman–Crippen LogP) is 1.11. The molecule has 0 radical (unpaired) electrons. The summed E-state index contributed by atoms with van der Waals surface area (Å²) >= 11 is 0. The summed E-state index contributed by atoms with van der Waals surface area (Å²) in [6.07, 6.45) is 1.55. The lowest BCUT2D eigenvalue weighted by Gasteiger charge is -2.19. The SMILES string of the molecule is CCCCN(CC)C(=O)CC(=O)O. The molecule has 0 aliphatic heterocycles. The van der Waals surface area contributed by atoms with E-state index in [1.807, 2.05) is 13.8 Å². The molecule has 0 atom stereocenters.